The van der Waals surface area contributed by atoms with Crippen molar-refractivity contribution in [1.82, 2.24) is 10.3 Å². The van der Waals surface area contributed by atoms with Crippen molar-refractivity contribution in [1.29, 1.82) is 0 Å². The Labute approximate surface area is 137 Å². The molecular formula is C18H26N2O3. The van der Waals surface area contributed by atoms with Crippen LogP contribution < -0.4 is 5.32 Å². The third-order valence-electron chi connectivity index (χ3n) is 4.77. The summed E-state index contributed by atoms with van der Waals surface area (Å²) in [7, 11) is 0. The monoisotopic (exact) mass is 318 g/mol. The van der Waals surface area contributed by atoms with Crippen molar-refractivity contribution in [2.24, 2.45) is 5.41 Å². The van der Waals surface area contributed by atoms with Crippen LogP contribution in [0.3, 0.4) is 0 Å². The van der Waals surface area contributed by atoms with Crippen LogP contribution in [-0.4, -0.2) is 40.9 Å². The summed E-state index contributed by atoms with van der Waals surface area (Å²) >= 11 is 0. The molecule has 1 aromatic heterocycles. The largest absolute Gasteiger partial charge is 0.387 e. The highest BCUT2D eigenvalue weighted by Crippen LogP contribution is 2.50. The number of carbonyl (C=O) groups excluding carboxylic acids is 1. The number of aromatic nitrogens is 1. The fourth-order valence-electron chi connectivity index (χ4n) is 2.90. The van der Waals surface area contributed by atoms with Crippen LogP contribution in [0.4, 0.5) is 0 Å². The summed E-state index contributed by atoms with van der Waals surface area (Å²) in [4.78, 5) is 16.0. The van der Waals surface area contributed by atoms with E-state index in [0.717, 1.165) is 11.1 Å². The summed E-state index contributed by atoms with van der Waals surface area (Å²) in [5.41, 5.74) is 0.612. The van der Waals surface area contributed by atoms with Gasteiger partial charge in [-0.3, -0.25) is 9.78 Å². The van der Waals surface area contributed by atoms with Gasteiger partial charge >= 0.3 is 0 Å². The molecule has 5 nitrogen and oxygen atoms in total. The van der Waals surface area contributed by atoms with Gasteiger partial charge in [-0.25, -0.2) is 0 Å². The van der Waals surface area contributed by atoms with Crippen LogP contribution in [0.1, 0.15) is 38.3 Å². The van der Waals surface area contributed by atoms with Gasteiger partial charge in [0.25, 0.3) is 0 Å². The Kier molecular flexibility index (Phi) is 5.22. The van der Waals surface area contributed by atoms with E-state index >= 15 is 0 Å². The Bertz CT molecular complexity index is 598. The van der Waals surface area contributed by atoms with Crippen molar-refractivity contribution >= 4 is 12.0 Å². The Hall–Kier alpha value is -1.72. The van der Waals surface area contributed by atoms with Crippen molar-refractivity contribution < 1.29 is 14.6 Å². The molecule has 2 rings (SSSR count). The number of nitrogens with one attached hydrogen (secondary N) is 1. The number of carbonyl (C=O) groups is 1. The minimum atomic E-state index is -0.929. The van der Waals surface area contributed by atoms with Crippen LogP contribution >= 0.6 is 0 Å². The molecule has 1 saturated carbocycles. The van der Waals surface area contributed by atoms with Gasteiger partial charge in [0, 0.05) is 43.5 Å². The van der Waals surface area contributed by atoms with Crippen LogP contribution in [0.15, 0.2) is 24.5 Å². The van der Waals surface area contributed by atoms with E-state index < -0.39 is 5.60 Å². The van der Waals surface area contributed by atoms with Gasteiger partial charge in [0.1, 0.15) is 0 Å². The van der Waals surface area contributed by atoms with E-state index in [0.29, 0.717) is 13.0 Å². The molecule has 0 spiro atoms. The predicted molar refractivity (Wildman–Crippen MR) is 89.8 cm³/mol. The molecule has 23 heavy (non-hydrogen) atoms. The highest BCUT2D eigenvalue weighted by atomic mass is 16.5. The van der Waals surface area contributed by atoms with Crippen molar-refractivity contribution in [3.8, 4) is 0 Å². The van der Waals surface area contributed by atoms with Crippen molar-refractivity contribution in [3.05, 3.63) is 35.7 Å². The fourth-order valence-corrected chi connectivity index (χ4v) is 2.90. The maximum atomic E-state index is 11.9. The SMILES string of the molecule is CCO[C@@H]1C[C@](O)(CNC(=O)/C=C/c2cncc(C)c2)C1(C)C. The maximum Gasteiger partial charge on any atom is 0.244 e. The zero-order valence-corrected chi connectivity index (χ0v) is 14.3. The Morgan fingerprint density at radius 3 is 2.87 bits per heavy atom. The van der Waals surface area contributed by atoms with E-state index in [4.69, 9.17) is 4.74 Å². The van der Waals surface area contributed by atoms with Gasteiger partial charge in [-0.1, -0.05) is 13.8 Å². The number of ether oxygens (including phenoxy) is 1. The second kappa shape index (κ2) is 6.81. The highest BCUT2D eigenvalue weighted by molar-refractivity contribution is 5.91. The fraction of sp³-hybridized carbons (Fsp3) is 0.556. The first-order valence-corrected chi connectivity index (χ1v) is 8.00. The molecule has 1 heterocycles. The number of nitrogens with zero attached hydrogens (tertiary/aromatic N) is 1. The molecule has 2 atom stereocenters. The molecule has 0 unspecified atom stereocenters. The third-order valence-corrected chi connectivity index (χ3v) is 4.77. The molecule has 0 bridgehead atoms. The number of hydrogen-bond acceptors (Lipinski definition) is 4. The lowest BCUT2D eigenvalue weighted by molar-refractivity contribution is -0.238. The van der Waals surface area contributed by atoms with Crippen LogP contribution in [0.25, 0.3) is 6.08 Å². The van der Waals surface area contributed by atoms with Gasteiger partial charge in [0.05, 0.1) is 11.7 Å². The summed E-state index contributed by atoms with van der Waals surface area (Å²) in [6, 6.07) is 1.95. The topological polar surface area (TPSA) is 71.5 Å². The van der Waals surface area contributed by atoms with E-state index in [-0.39, 0.29) is 24.0 Å². The molecule has 1 amide bonds. The molecule has 0 radical (unpaired) electrons. The van der Waals surface area contributed by atoms with Gasteiger partial charge in [-0.2, -0.15) is 0 Å². The molecule has 5 heteroatoms. The average Bonchev–Trinajstić information content (AvgIpc) is 2.51. The van der Waals surface area contributed by atoms with Crippen molar-refractivity contribution in [2.45, 2.75) is 45.8 Å². The van der Waals surface area contributed by atoms with E-state index in [9.17, 15) is 9.90 Å². The summed E-state index contributed by atoms with van der Waals surface area (Å²) in [5, 5.41) is 13.5. The molecule has 1 aliphatic carbocycles. The number of pyridine rings is 1. The lowest BCUT2D eigenvalue weighted by atomic mass is 9.56. The molecule has 1 aliphatic rings. The third kappa shape index (κ3) is 3.79. The molecule has 0 aromatic carbocycles. The first-order valence-electron chi connectivity index (χ1n) is 8.00. The molecule has 1 fully saturated rings. The zero-order valence-electron chi connectivity index (χ0n) is 14.3. The Morgan fingerprint density at radius 2 is 2.26 bits per heavy atom. The van der Waals surface area contributed by atoms with Gasteiger partial charge in [-0.15, -0.1) is 0 Å². The van der Waals surface area contributed by atoms with Crippen LogP contribution in [0, 0.1) is 12.3 Å². The van der Waals surface area contributed by atoms with Gasteiger partial charge in [-0.05, 0) is 37.1 Å². The number of hydrogen-bond donors (Lipinski definition) is 2. The maximum absolute atomic E-state index is 11.9. The van der Waals surface area contributed by atoms with Gasteiger partial charge < -0.3 is 15.2 Å². The number of aliphatic hydroxyl groups is 1. The van der Waals surface area contributed by atoms with E-state index in [1.165, 1.54) is 6.08 Å². The minimum Gasteiger partial charge on any atom is -0.387 e. The normalized spacial score (nSPS) is 26.0. The predicted octanol–water partition coefficient (Wildman–Crippen LogP) is 2.09. The molecule has 1 aromatic rings. The Morgan fingerprint density at radius 1 is 1.52 bits per heavy atom. The number of aryl methyl sites for hydroxylation is 1. The molecule has 126 valence electrons. The summed E-state index contributed by atoms with van der Waals surface area (Å²) in [6.45, 7) is 8.69. The van der Waals surface area contributed by atoms with Crippen LogP contribution in [0.5, 0.6) is 0 Å². The minimum absolute atomic E-state index is 0.0308. The first kappa shape index (κ1) is 17.6. The lowest BCUT2D eigenvalue weighted by Gasteiger charge is -2.57. The zero-order chi connectivity index (χ0) is 17.1. The molecular weight excluding hydrogens is 292 g/mol. The van der Waals surface area contributed by atoms with Crippen molar-refractivity contribution in [2.75, 3.05) is 13.2 Å². The van der Waals surface area contributed by atoms with Gasteiger partial charge in [0.15, 0.2) is 0 Å². The van der Waals surface area contributed by atoms with Crippen LogP contribution in [-0.2, 0) is 9.53 Å². The second-order valence-corrected chi connectivity index (χ2v) is 6.75. The second-order valence-electron chi connectivity index (χ2n) is 6.75. The average molecular weight is 318 g/mol. The summed E-state index contributed by atoms with van der Waals surface area (Å²) in [6.07, 6.45) is 7.22. The summed E-state index contributed by atoms with van der Waals surface area (Å²) in [5.74, 6) is -0.226. The van der Waals surface area contributed by atoms with E-state index in [1.807, 2.05) is 33.8 Å². The highest BCUT2D eigenvalue weighted by Gasteiger charge is 2.59. The smallest absolute Gasteiger partial charge is 0.244 e. The van der Waals surface area contributed by atoms with Gasteiger partial charge in [0.2, 0.25) is 5.91 Å². The molecule has 2 N–H and O–H groups in total. The lowest BCUT2D eigenvalue weighted by Crippen LogP contribution is -2.68. The van der Waals surface area contributed by atoms with E-state index in [2.05, 4.69) is 10.3 Å². The Balaban J connectivity index is 1.87. The van der Waals surface area contributed by atoms with Crippen molar-refractivity contribution in [3.63, 3.8) is 0 Å². The first-order chi connectivity index (χ1) is 10.8. The standard InChI is InChI=1S/C18H26N2O3/c1-5-23-15-9-18(22,17(15,3)4)12-20-16(21)7-6-14-8-13(2)10-19-11-14/h6-8,10-11,15,22H,5,9,12H2,1-4H3,(H,20,21)/b7-6+/t15-,18+/m1/s1. The number of amides is 1. The number of rotatable bonds is 6. The van der Waals surface area contributed by atoms with E-state index in [1.54, 1.807) is 18.5 Å². The molecule has 0 saturated heterocycles. The summed E-state index contributed by atoms with van der Waals surface area (Å²) < 4.78 is 5.62. The molecule has 0 aliphatic heterocycles. The quantitative estimate of drug-likeness (QED) is 0.788. The van der Waals surface area contributed by atoms with Crippen LogP contribution in [0.2, 0.25) is 0 Å².